The first kappa shape index (κ1) is 8.92. The fourth-order valence-corrected chi connectivity index (χ4v) is 1.87. The molecular weight excluding hydrogens is 192 g/mol. The van der Waals surface area contributed by atoms with E-state index >= 15 is 0 Å². The number of nitriles is 1. The molecular formula is C11H8N2S. The minimum Gasteiger partial charge on any atom is -0.243 e. The Bertz CT molecular complexity index is 477. The van der Waals surface area contributed by atoms with E-state index in [4.69, 9.17) is 5.26 Å². The fraction of sp³-hybridized carbons (Fsp3) is 0.0909. The summed E-state index contributed by atoms with van der Waals surface area (Å²) in [6.07, 6.45) is 1.61. The van der Waals surface area contributed by atoms with Gasteiger partial charge in [-0.1, -0.05) is 29.8 Å². The van der Waals surface area contributed by atoms with Crippen LogP contribution in [0, 0.1) is 18.3 Å². The lowest BCUT2D eigenvalue weighted by molar-refractivity contribution is 1.39. The van der Waals surface area contributed by atoms with Gasteiger partial charge in [0, 0.05) is 5.56 Å². The highest BCUT2D eigenvalue weighted by molar-refractivity contribution is 7.15. The average molecular weight is 200 g/mol. The van der Waals surface area contributed by atoms with Crippen molar-refractivity contribution in [3.8, 4) is 16.6 Å². The Labute approximate surface area is 86.5 Å². The summed E-state index contributed by atoms with van der Waals surface area (Å²) in [6.45, 7) is 2.05. The molecule has 0 fully saturated rings. The van der Waals surface area contributed by atoms with Crippen LogP contribution in [0.2, 0.25) is 0 Å². The first-order valence-electron chi connectivity index (χ1n) is 4.22. The third-order valence-electron chi connectivity index (χ3n) is 1.91. The van der Waals surface area contributed by atoms with E-state index in [0.717, 1.165) is 10.6 Å². The van der Waals surface area contributed by atoms with Crippen molar-refractivity contribution in [2.75, 3.05) is 0 Å². The SMILES string of the molecule is Cc1ccc(-c2ncc(C#N)s2)cc1. The number of hydrogen-bond donors (Lipinski definition) is 0. The van der Waals surface area contributed by atoms with Gasteiger partial charge in [-0.2, -0.15) is 5.26 Å². The average Bonchev–Trinajstić information content (AvgIpc) is 2.67. The predicted molar refractivity (Wildman–Crippen MR) is 57.0 cm³/mol. The zero-order valence-corrected chi connectivity index (χ0v) is 8.51. The lowest BCUT2D eigenvalue weighted by Crippen LogP contribution is -1.75. The van der Waals surface area contributed by atoms with Crippen molar-refractivity contribution < 1.29 is 0 Å². The first-order valence-corrected chi connectivity index (χ1v) is 5.04. The second kappa shape index (κ2) is 3.60. The summed E-state index contributed by atoms with van der Waals surface area (Å²) in [4.78, 5) is 4.84. The lowest BCUT2D eigenvalue weighted by atomic mass is 10.2. The van der Waals surface area contributed by atoms with Gasteiger partial charge in [0.2, 0.25) is 0 Å². The minimum absolute atomic E-state index is 0.653. The molecule has 2 rings (SSSR count). The largest absolute Gasteiger partial charge is 0.243 e. The molecule has 0 radical (unpaired) electrons. The van der Waals surface area contributed by atoms with Crippen LogP contribution in [0.3, 0.4) is 0 Å². The molecule has 0 saturated carbocycles. The summed E-state index contributed by atoms with van der Waals surface area (Å²) in [5.74, 6) is 0. The van der Waals surface area contributed by atoms with Gasteiger partial charge in [-0.3, -0.25) is 0 Å². The summed E-state index contributed by atoms with van der Waals surface area (Å²) in [5, 5.41) is 9.57. The van der Waals surface area contributed by atoms with Crippen molar-refractivity contribution in [3.05, 3.63) is 40.9 Å². The Morgan fingerprint density at radius 1 is 1.29 bits per heavy atom. The predicted octanol–water partition coefficient (Wildman–Crippen LogP) is 2.99. The first-order chi connectivity index (χ1) is 6.79. The van der Waals surface area contributed by atoms with Crippen molar-refractivity contribution in [3.63, 3.8) is 0 Å². The molecule has 2 aromatic rings. The summed E-state index contributed by atoms with van der Waals surface area (Å²) in [6, 6.07) is 10.2. The molecule has 0 aliphatic rings. The van der Waals surface area contributed by atoms with Gasteiger partial charge >= 0.3 is 0 Å². The Kier molecular flexibility index (Phi) is 2.30. The van der Waals surface area contributed by atoms with Gasteiger partial charge in [0.1, 0.15) is 16.0 Å². The van der Waals surface area contributed by atoms with E-state index < -0.39 is 0 Å². The number of thiazole rings is 1. The quantitative estimate of drug-likeness (QED) is 0.709. The normalized spacial score (nSPS) is 9.71. The zero-order valence-electron chi connectivity index (χ0n) is 7.69. The van der Waals surface area contributed by atoms with Crippen LogP contribution in [0.25, 0.3) is 10.6 Å². The molecule has 0 aliphatic heterocycles. The van der Waals surface area contributed by atoms with Gasteiger partial charge in [0.15, 0.2) is 0 Å². The number of aryl methyl sites for hydroxylation is 1. The van der Waals surface area contributed by atoms with Crippen LogP contribution in [0.1, 0.15) is 10.4 Å². The molecule has 2 nitrogen and oxygen atoms in total. The van der Waals surface area contributed by atoms with Crippen molar-refractivity contribution in [1.82, 2.24) is 4.98 Å². The van der Waals surface area contributed by atoms with Crippen molar-refractivity contribution in [2.24, 2.45) is 0 Å². The molecule has 1 heterocycles. The molecule has 68 valence electrons. The molecule has 0 saturated heterocycles. The van der Waals surface area contributed by atoms with E-state index in [1.165, 1.54) is 16.9 Å². The Morgan fingerprint density at radius 2 is 2.00 bits per heavy atom. The van der Waals surface area contributed by atoms with Crippen LogP contribution in [0.4, 0.5) is 0 Å². The fourth-order valence-electron chi connectivity index (χ4n) is 1.16. The van der Waals surface area contributed by atoms with Crippen LogP contribution in [-0.2, 0) is 0 Å². The number of aromatic nitrogens is 1. The van der Waals surface area contributed by atoms with Crippen molar-refractivity contribution in [2.45, 2.75) is 6.92 Å². The molecule has 14 heavy (non-hydrogen) atoms. The summed E-state index contributed by atoms with van der Waals surface area (Å²) >= 11 is 1.42. The highest BCUT2D eigenvalue weighted by Gasteiger charge is 2.02. The second-order valence-electron chi connectivity index (χ2n) is 3.01. The molecule has 0 bridgehead atoms. The molecule has 0 unspecified atom stereocenters. The summed E-state index contributed by atoms with van der Waals surface area (Å²) in [5.41, 5.74) is 2.30. The number of benzene rings is 1. The van der Waals surface area contributed by atoms with E-state index in [0.29, 0.717) is 4.88 Å². The van der Waals surface area contributed by atoms with Crippen LogP contribution < -0.4 is 0 Å². The molecule has 0 atom stereocenters. The number of hydrogen-bond acceptors (Lipinski definition) is 3. The van der Waals surface area contributed by atoms with E-state index in [9.17, 15) is 0 Å². The maximum Gasteiger partial charge on any atom is 0.125 e. The molecule has 1 aromatic heterocycles. The topological polar surface area (TPSA) is 36.7 Å². The minimum atomic E-state index is 0.653. The van der Waals surface area contributed by atoms with Gasteiger partial charge in [-0.05, 0) is 6.92 Å². The molecule has 3 heteroatoms. The maximum absolute atomic E-state index is 8.66. The number of rotatable bonds is 1. The highest BCUT2D eigenvalue weighted by atomic mass is 32.1. The molecule has 0 N–H and O–H groups in total. The van der Waals surface area contributed by atoms with E-state index in [1.54, 1.807) is 6.20 Å². The second-order valence-corrected chi connectivity index (χ2v) is 4.04. The molecule has 0 amide bonds. The maximum atomic E-state index is 8.66. The molecule has 1 aromatic carbocycles. The Morgan fingerprint density at radius 3 is 2.57 bits per heavy atom. The van der Waals surface area contributed by atoms with Gasteiger partial charge in [0.25, 0.3) is 0 Å². The van der Waals surface area contributed by atoms with Gasteiger partial charge in [-0.25, -0.2) is 4.98 Å². The van der Waals surface area contributed by atoms with Crippen LogP contribution in [0.5, 0.6) is 0 Å². The third-order valence-corrected chi connectivity index (χ3v) is 2.87. The molecule has 0 spiro atoms. The zero-order chi connectivity index (χ0) is 9.97. The highest BCUT2D eigenvalue weighted by Crippen LogP contribution is 2.24. The smallest absolute Gasteiger partial charge is 0.125 e. The standard InChI is InChI=1S/C11H8N2S/c1-8-2-4-9(5-3-8)11-13-7-10(6-12)14-11/h2-5,7H,1H3. The van der Waals surface area contributed by atoms with Gasteiger partial charge in [0.05, 0.1) is 6.20 Å². The monoisotopic (exact) mass is 200 g/mol. The summed E-state index contributed by atoms with van der Waals surface area (Å²) < 4.78 is 0. The van der Waals surface area contributed by atoms with Crippen molar-refractivity contribution >= 4 is 11.3 Å². The molecule has 0 aliphatic carbocycles. The van der Waals surface area contributed by atoms with Crippen LogP contribution in [0.15, 0.2) is 30.5 Å². The van der Waals surface area contributed by atoms with Crippen LogP contribution in [-0.4, -0.2) is 4.98 Å². The third kappa shape index (κ3) is 1.66. The Balaban J connectivity index is 2.40. The van der Waals surface area contributed by atoms with E-state index in [1.807, 2.05) is 31.2 Å². The van der Waals surface area contributed by atoms with Crippen molar-refractivity contribution in [1.29, 1.82) is 5.26 Å². The van der Waals surface area contributed by atoms with E-state index in [-0.39, 0.29) is 0 Å². The lowest BCUT2D eigenvalue weighted by Gasteiger charge is -1.95. The van der Waals surface area contributed by atoms with Gasteiger partial charge in [-0.15, -0.1) is 11.3 Å². The summed E-state index contributed by atoms with van der Waals surface area (Å²) in [7, 11) is 0. The van der Waals surface area contributed by atoms with Crippen LogP contribution >= 0.6 is 11.3 Å². The number of nitrogens with zero attached hydrogens (tertiary/aromatic N) is 2. The Hall–Kier alpha value is -1.66. The van der Waals surface area contributed by atoms with Gasteiger partial charge < -0.3 is 0 Å². The van der Waals surface area contributed by atoms with E-state index in [2.05, 4.69) is 11.1 Å².